The summed E-state index contributed by atoms with van der Waals surface area (Å²) in [6.07, 6.45) is 2.14. The second-order valence-electron chi connectivity index (χ2n) is 6.24. The number of amidine groups is 1. The average Bonchev–Trinajstić information content (AvgIpc) is 2.65. The third-order valence-corrected chi connectivity index (χ3v) is 4.40. The van der Waals surface area contributed by atoms with Crippen LogP contribution in [-0.4, -0.2) is 23.3 Å². The fourth-order valence-electron chi connectivity index (χ4n) is 3.19. The molecule has 28 heavy (non-hydrogen) atoms. The topological polar surface area (TPSA) is 155 Å². The number of para-hydroxylation sites is 1. The van der Waals surface area contributed by atoms with Crippen LogP contribution in [0.5, 0.6) is 0 Å². The van der Waals surface area contributed by atoms with E-state index in [2.05, 4.69) is 10.3 Å². The smallest absolute Gasteiger partial charge is 0.303 e. The Morgan fingerprint density at radius 2 is 2.07 bits per heavy atom. The molecule has 0 saturated heterocycles. The SMILES string of the molecule is CC(CC(=O)O)c1ccc(C(N)=NC#N)c(-c2ccccc2N)c1CNC=O. The van der Waals surface area contributed by atoms with Gasteiger partial charge in [0, 0.05) is 23.4 Å². The number of hydrogen-bond donors (Lipinski definition) is 4. The van der Waals surface area contributed by atoms with E-state index in [1.165, 1.54) is 0 Å². The molecule has 0 saturated carbocycles. The third-order valence-electron chi connectivity index (χ3n) is 4.40. The van der Waals surface area contributed by atoms with Crippen molar-refractivity contribution >= 4 is 23.9 Å². The molecule has 2 rings (SSSR count). The molecule has 0 aliphatic carbocycles. The van der Waals surface area contributed by atoms with Crippen molar-refractivity contribution in [3.63, 3.8) is 0 Å². The summed E-state index contributed by atoms with van der Waals surface area (Å²) in [7, 11) is 0. The van der Waals surface area contributed by atoms with Crippen molar-refractivity contribution in [2.45, 2.75) is 25.8 Å². The van der Waals surface area contributed by atoms with Crippen molar-refractivity contribution in [3.05, 3.63) is 53.1 Å². The molecule has 1 amide bonds. The average molecular weight is 379 g/mol. The number of carbonyl (C=O) groups is 2. The number of aliphatic imine (C=N–C) groups is 1. The lowest BCUT2D eigenvalue weighted by molar-refractivity contribution is -0.137. The highest BCUT2D eigenvalue weighted by atomic mass is 16.4. The quantitative estimate of drug-likeness (QED) is 0.181. The highest BCUT2D eigenvalue weighted by molar-refractivity contribution is 6.06. The predicted molar refractivity (Wildman–Crippen MR) is 106 cm³/mol. The molecule has 0 aliphatic heterocycles. The van der Waals surface area contributed by atoms with E-state index in [0.29, 0.717) is 34.4 Å². The number of aliphatic carboxylic acids is 1. The number of carbonyl (C=O) groups excluding carboxylic acids is 1. The summed E-state index contributed by atoms with van der Waals surface area (Å²) in [4.78, 5) is 25.8. The first-order chi connectivity index (χ1) is 13.4. The Balaban J connectivity index is 2.85. The van der Waals surface area contributed by atoms with E-state index in [9.17, 15) is 14.7 Å². The Bertz CT molecular complexity index is 963. The molecule has 6 N–H and O–H groups in total. The lowest BCUT2D eigenvalue weighted by Gasteiger charge is -2.22. The maximum absolute atomic E-state index is 11.2. The first-order valence-corrected chi connectivity index (χ1v) is 8.52. The first-order valence-electron chi connectivity index (χ1n) is 8.52. The second-order valence-corrected chi connectivity index (χ2v) is 6.24. The summed E-state index contributed by atoms with van der Waals surface area (Å²) in [5.41, 5.74) is 15.8. The largest absolute Gasteiger partial charge is 0.481 e. The van der Waals surface area contributed by atoms with Crippen LogP contribution in [0.4, 0.5) is 5.69 Å². The van der Waals surface area contributed by atoms with E-state index < -0.39 is 5.97 Å². The molecular formula is C20H21N5O3. The van der Waals surface area contributed by atoms with Crippen molar-refractivity contribution in [3.8, 4) is 17.3 Å². The fraction of sp³-hybridized carbons (Fsp3) is 0.200. The molecule has 144 valence electrons. The molecular weight excluding hydrogens is 358 g/mol. The monoisotopic (exact) mass is 379 g/mol. The van der Waals surface area contributed by atoms with Gasteiger partial charge in [-0.05, 0) is 28.7 Å². The Hall–Kier alpha value is -3.86. The van der Waals surface area contributed by atoms with Gasteiger partial charge in [-0.15, -0.1) is 0 Å². The number of anilines is 1. The highest BCUT2D eigenvalue weighted by Crippen LogP contribution is 2.37. The molecule has 0 aliphatic rings. The third kappa shape index (κ3) is 4.45. The maximum Gasteiger partial charge on any atom is 0.303 e. The second kappa shape index (κ2) is 9.19. The maximum atomic E-state index is 11.2. The molecule has 2 aromatic rings. The number of nitriles is 1. The molecule has 0 fully saturated rings. The summed E-state index contributed by atoms with van der Waals surface area (Å²) < 4.78 is 0. The molecule has 1 atom stereocenters. The van der Waals surface area contributed by atoms with Crippen LogP contribution in [0.15, 0.2) is 41.4 Å². The Morgan fingerprint density at radius 3 is 2.68 bits per heavy atom. The number of hydrogen-bond acceptors (Lipinski definition) is 5. The number of benzene rings is 2. The van der Waals surface area contributed by atoms with Gasteiger partial charge in [0.25, 0.3) is 0 Å². The van der Waals surface area contributed by atoms with Crippen LogP contribution in [0.25, 0.3) is 11.1 Å². The number of carboxylic acids is 1. The molecule has 0 heterocycles. The molecule has 8 heteroatoms. The van der Waals surface area contributed by atoms with Crippen molar-refractivity contribution in [2.75, 3.05) is 5.73 Å². The Labute approximate surface area is 162 Å². The predicted octanol–water partition coefficient (Wildman–Crippen LogP) is 1.95. The lowest BCUT2D eigenvalue weighted by Crippen LogP contribution is -2.20. The fourth-order valence-corrected chi connectivity index (χ4v) is 3.19. The molecule has 0 bridgehead atoms. The van der Waals surface area contributed by atoms with Crippen molar-refractivity contribution in [1.29, 1.82) is 5.26 Å². The number of nitrogens with two attached hydrogens (primary N) is 2. The zero-order chi connectivity index (χ0) is 20.7. The van der Waals surface area contributed by atoms with Crippen LogP contribution < -0.4 is 16.8 Å². The summed E-state index contributed by atoms with van der Waals surface area (Å²) in [5, 5.41) is 20.7. The minimum absolute atomic E-state index is 0.00513. The number of rotatable bonds is 8. The Kier molecular flexibility index (Phi) is 6.71. The summed E-state index contributed by atoms with van der Waals surface area (Å²) in [5.74, 6) is -1.25. The number of nitrogens with zero attached hydrogens (tertiary/aromatic N) is 2. The molecule has 2 aromatic carbocycles. The van der Waals surface area contributed by atoms with E-state index in [1.807, 2.05) is 0 Å². The van der Waals surface area contributed by atoms with Crippen molar-refractivity contribution in [2.24, 2.45) is 10.7 Å². The molecule has 0 spiro atoms. The van der Waals surface area contributed by atoms with Gasteiger partial charge < -0.3 is 21.9 Å². The van der Waals surface area contributed by atoms with Crippen molar-refractivity contribution in [1.82, 2.24) is 5.32 Å². The van der Waals surface area contributed by atoms with Crippen LogP contribution >= 0.6 is 0 Å². The zero-order valence-electron chi connectivity index (χ0n) is 15.3. The summed E-state index contributed by atoms with van der Waals surface area (Å²) in [6, 6.07) is 10.5. The molecule has 8 nitrogen and oxygen atoms in total. The van der Waals surface area contributed by atoms with Gasteiger partial charge in [-0.2, -0.15) is 10.3 Å². The number of amides is 1. The van der Waals surface area contributed by atoms with Crippen LogP contribution in [0.1, 0.15) is 36.0 Å². The van der Waals surface area contributed by atoms with Crippen LogP contribution in [0.2, 0.25) is 0 Å². The summed E-state index contributed by atoms with van der Waals surface area (Å²) >= 11 is 0. The summed E-state index contributed by atoms with van der Waals surface area (Å²) in [6.45, 7) is 1.93. The van der Waals surface area contributed by atoms with Gasteiger partial charge in [0.15, 0.2) is 0 Å². The van der Waals surface area contributed by atoms with E-state index >= 15 is 0 Å². The van der Waals surface area contributed by atoms with Gasteiger partial charge in [0.1, 0.15) is 5.84 Å². The normalized spacial score (nSPS) is 12.1. The lowest BCUT2D eigenvalue weighted by atomic mass is 9.84. The van der Waals surface area contributed by atoms with Gasteiger partial charge in [-0.25, -0.2) is 0 Å². The van der Waals surface area contributed by atoms with E-state index in [-0.39, 0.29) is 24.7 Å². The molecule has 1 unspecified atom stereocenters. The Morgan fingerprint density at radius 1 is 1.36 bits per heavy atom. The van der Waals surface area contributed by atoms with Crippen LogP contribution in [0.3, 0.4) is 0 Å². The standard InChI is InChI=1S/C20H21N5O3/c1-12(8-18(27)28)13-6-7-15(20(23)25-10-21)19(16(13)9-24-11-26)14-4-2-3-5-17(14)22/h2-7,11-12H,8-9,22H2,1H3,(H2,23,25)(H,24,26)(H,27,28). The van der Waals surface area contributed by atoms with Crippen molar-refractivity contribution < 1.29 is 14.7 Å². The number of carboxylic acid groups (broad SMARTS) is 1. The minimum Gasteiger partial charge on any atom is -0.481 e. The highest BCUT2D eigenvalue weighted by Gasteiger charge is 2.22. The van der Waals surface area contributed by atoms with E-state index in [4.69, 9.17) is 16.7 Å². The van der Waals surface area contributed by atoms with Gasteiger partial charge in [0.2, 0.25) is 12.6 Å². The molecule has 0 radical (unpaired) electrons. The van der Waals surface area contributed by atoms with Gasteiger partial charge in [0.05, 0.1) is 6.42 Å². The van der Waals surface area contributed by atoms with Gasteiger partial charge in [-0.1, -0.05) is 37.3 Å². The van der Waals surface area contributed by atoms with Crippen LogP contribution in [-0.2, 0) is 16.1 Å². The van der Waals surface area contributed by atoms with Gasteiger partial charge in [-0.3, -0.25) is 9.59 Å². The van der Waals surface area contributed by atoms with Crippen LogP contribution in [0, 0.1) is 11.5 Å². The van der Waals surface area contributed by atoms with E-state index in [0.717, 1.165) is 5.56 Å². The zero-order valence-corrected chi connectivity index (χ0v) is 15.3. The van der Waals surface area contributed by atoms with E-state index in [1.54, 1.807) is 49.5 Å². The number of nitrogens with one attached hydrogen (secondary N) is 1. The minimum atomic E-state index is -0.933. The first kappa shape index (κ1) is 20.5. The molecule has 0 aromatic heterocycles. The number of nitrogen functional groups attached to an aromatic ring is 1. The van der Waals surface area contributed by atoms with Gasteiger partial charge >= 0.3 is 5.97 Å².